The zero-order valence-corrected chi connectivity index (χ0v) is 17.3. The second kappa shape index (κ2) is 7.85. The SMILES string of the molecule is COCCn1nc(C(=O)NC2CN3CCC2CC3)c2ccc(-c3nccs3)cc21. The Morgan fingerprint density at radius 1 is 1.34 bits per heavy atom. The van der Waals surface area contributed by atoms with E-state index in [1.807, 2.05) is 22.2 Å². The number of ether oxygens (including phenoxy) is 1. The largest absolute Gasteiger partial charge is 0.383 e. The molecule has 1 unspecified atom stereocenters. The molecule has 2 bridgehead atoms. The lowest BCUT2D eigenvalue weighted by molar-refractivity contribution is 0.0618. The molecule has 3 saturated heterocycles. The van der Waals surface area contributed by atoms with E-state index in [1.165, 1.54) is 12.8 Å². The summed E-state index contributed by atoms with van der Waals surface area (Å²) in [5.41, 5.74) is 2.47. The lowest BCUT2D eigenvalue weighted by atomic mass is 9.84. The highest BCUT2D eigenvalue weighted by atomic mass is 32.1. The van der Waals surface area contributed by atoms with Crippen LogP contribution in [0.25, 0.3) is 21.5 Å². The van der Waals surface area contributed by atoms with E-state index in [1.54, 1.807) is 24.6 Å². The number of aromatic nitrogens is 3. The first-order valence-corrected chi connectivity index (χ1v) is 11.0. The molecule has 6 rings (SSSR count). The van der Waals surface area contributed by atoms with Gasteiger partial charge < -0.3 is 15.0 Å². The molecule has 8 heteroatoms. The zero-order chi connectivity index (χ0) is 19.8. The molecule has 3 aliphatic rings. The summed E-state index contributed by atoms with van der Waals surface area (Å²) in [6, 6.07) is 6.31. The Bertz CT molecular complexity index is 1010. The van der Waals surface area contributed by atoms with Crippen molar-refractivity contribution in [2.45, 2.75) is 25.4 Å². The highest BCUT2D eigenvalue weighted by Gasteiger charge is 2.35. The number of nitrogens with one attached hydrogen (secondary N) is 1. The van der Waals surface area contributed by atoms with Crippen molar-refractivity contribution in [2.75, 3.05) is 33.4 Å². The number of fused-ring (bicyclic) bond motifs is 4. The van der Waals surface area contributed by atoms with Crippen LogP contribution in [0.2, 0.25) is 0 Å². The molecular formula is C21H25N5O2S. The first-order chi connectivity index (χ1) is 14.2. The maximum absolute atomic E-state index is 13.2. The van der Waals surface area contributed by atoms with Gasteiger partial charge in [0.15, 0.2) is 5.69 Å². The van der Waals surface area contributed by atoms with Crippen molar-refractivity contribution < 1.29 is 9.53 Å². The number of hydrogen-bond donors (Lipinski definition) is 1. The van der Waals surface area contributed by atoms with E-state index < -0.39 is 0 Å². The summed E-state index contributed by atoms with van der Waals surface area (Å²) in [6.45, 7) is 4.41. The fourth-order valence-electron chi connectivity index (χ4n) is 4.55. The van der Waals surface area contributed by atoms with Crippen molar-refractivity contribution in [1.29, 1.82) is 0 Å². The molecule has 1 atom stereocenters. The van der Waals surface area contributed by atoms with Crippen LogP contribution >= 0.6 is 11.3 Å². The molecule has 0 aliphatic carbocycles. The van der Waals surface area contributed by atoms with Gasteiger partial charge in [0.25, 0.3) is 5.91 Å². The van der Waals surface area contributed by atoms with E-state index in [2.05, 4.69) is 26.4 Å². The lowest BCUT2D eigenvalue weighted by Gasteiger charge is -2.44. The van der Waals surface area contributed by atoms with E-state index in [0.717, 1.165) is 41.1 Å². The molecule has 3 fully saturated rings. The van der Waals surface area contributed by atoms with Crippen LogP contribution in [0.5, 0.6) is 0 Å². The third kappa shape index (κ3) is 3.56. The second-order valence-electron chi connectivity index (χ2n) is 7.85. The van der Waals surface area contributed by atoms with Gasteiger partial charge in [-0.3, -0.25) is 9.48 Å². The summed E-state index contributed by atoms with van der Waals surface area (Å²) in [4.78, 5) is 20.0. The van der Waals surface area contributed by atoms with Crippen LogP contribution in [0.15, 0.2) is 29.8 Å². The monoisotopic (exact) mass is 411 g/mol. The van der Waals surface area contributed by atoms with Crippen LogP contribution in [-0.4, -0.2) is 65.0 Å². The Kier molecular flexibility index (Phi) is 5.07. The number of carbonyl (C=O) groups is 1. The summed E-state index contributed by atoms with van der Waals surface area (Å²) in [5.74, 6) is 0.509. The molecule has 0 saturated carbocycles. The Labute approximate surface area is 173 Å². The smallest absolute Gasteiger partial charge is 0.272 e. The van der Waals surface area contributed by atoms with Gasteiger partial charge >= 0.3 is 0 Å². The van der Waals surface area contributed by atoms with Gasteiger partial charge in [0.05, 0.1) is 18.7 Å². The summed E-state index contributed by atoms with van der Waals surface area (Å²) >= 11 is 1.60. The summed E-state index contributed by atoms with van der Waals surface area (Å²) in [6.07, 6.45) is 4.15. The predicted octanol–water partition coefficient (Wildman–Crippen LogP) is 2.63. The maximum atomic E-state index is 13.2. The number of nitrogens with zero attached hydrogens (tertiary/aromatic N) is 4. The average molecular weight is 412 g/mol. The highest BCUT2D eigenvalue weighted by molar-refractivity contribution is 7.13. The van der Waals surface area contributed by atoms with Gasteiger partial charge in [0.2, 0.25) is 0 Å². The van der Waals surface area contributed by atoms with Crippen molar-refractivity contribution in [3.63, 3.8) is 0 Å². The fraction of sp³-hybridized carbons (Fsp3) is 0.476. The first kappa shape index (κ1) is 18.7. The molecule has 2 aromatic heterocycles. The molecule has 152 valence electrons. The van der Waals surface area contributed by atoms with Crippen LogP contribution in [0.4, 0.5) is 0 Å². The maximum Gasteiger partial charge on any atom is 0.272 e. The molecule has 0 radical (unpaired) electrons. The third-order valence-corrected chi connectivity index (χ3v) is 6.95. The summed E-state index contributed by atoms with van der Waals surface area (Å²) in [7, 11) is 1.67. The number of benzene rings is 1. The van der Waals surface area contributed by atoms with E-state index in [9.17, 15) is 4.79 Å². The molecule has 3 aromatic rings. The van der Waals surface area contributed by atoms with Crippen molar-refractivity contribution in [3.05, 3.63) is 35.5 Å². The van der Waals surface area contributed by atoms with Gasteiger partial charge in [-0.15, -0.1) is 11.3 Å². The normalized spacial score (nSPS) is 23.6. The van der Waals surface area contributed by atoms with E-state index in [0.29, 0.717) is 24.8 Å². The van der Waals surface area contributed by atoms with Gasteiger partial charge in [-0.05, 0) is 44.0 Å². The lowest BCUT2D eigenvalue weighted by Crippen LogP contribution is -2.57. The molecule has 7 nitrogen and oxygen atoms in total. The minimum atomic E-state index is -0.0769. The standard InChI is InChI=1S/C21H25N5O2S/c1-28-10-9-26-18-12-15(21-22-6-11-29-21)2-3-16(18)19(24-26)20(27)23-17-13-25-7-4-14(17)5-8-25/h2-3,6,11-12,14,17H,4-5,7-10,13H2,1H3,(H,23,27). The predicted molar refractivity (Wildman–Crippen MR) is 113 cm³/mol. The second-order valence-corrected chi connectivity index (χ2v) is 8.75. The highest BCUT2D eigenvalue weighted by Crippen LogP contribution is 2.30. The topological polar surface area (TPSA) is 72.3 Å². The van der Waals surface area contributed by atoms with Crippen LogP contribution in [0.1, 0.15) is 23.3 Å². The molecular weight excluding hydrogens is 386 g/mol. The molecule has 1 aromatic carbocycles. The van der Waals surface area contributed by atoms with Crippen LogP contribution in [0, 0.1) is 5.92 Å². The van der Waals surface area contributed by atoms with Gasteiger partial charge in [-0.2, -0.15) is 5.10 Å². The average Bonchev–Trinajstić information content (AvgIpc) is 3.41. The number of amides is 1. The van der Waals surface area contributed by atoms with Crippen molar-refractivity contribution >= 4 is 28.1 Å². The number of rotatable bonds is 6. The van der Waals surface area contributed by atoms with E-state index in [4.69, 9.17) is 4.74 Å². The minimum absolute atomic E-state index is 0.0769. The first-order valence-electron chi connectivity index (χ1n) is 10.2. The minimum Gasteiger partial charge on any atom is -0.383 e. The van der Waals surface area contributed by atoms with Gasteiger partial charge in [-0.25, -0.2) is 4.98 Å². The van der Waals surface area contributed by atoms with E-state index >= 15 is 0 Å². The molecule has 1 N–H and O–H groups in total. The van der Waals surface area contributed by atoms with E-state index in [-0.39, 0.29) is 11.9 Å². The van der Waals surface area contributed by atoms with Gasteiger partial charge in [0, 0.05) is 42.2 Å². The van der Waals surface area contributed by atoms with Crippen LogP contribution in [0.3, 0.4) is 0 Å². The fourth-order valence-corrected chi connectivity index (χ4v) is 5.19. The third-order valence-electron chi connectivity index (χ3n) is 6.13. The number of hydrogen-bond acceptors (Lipinski definition) is 6. The van der Waals surface area contributed by atoms with Gasteiger partial charge in [-0.1, -0.05) is 6.07 Å². The Morgan fingerprint density at radius 2 is 2.21 bits per heavy atom. The number of thiazole rings is 1. The van der Waals surface area contributed by atoms with Crippen molar-refractivity contribution in [3.8, 4) is 10.6 Å². The number of piperidine rings is 3. The Hall–Kier alpha value is -2.29. The van der Waals surface area contributed by atoms with Crippen molar-refractivity contribution in [1.82, 2.24) is 25.0 Å². The van der Waals surface area contributed by atoms with Crippen LogP contribution < -0.4 is 5.32 Å². The molecule has 3 aliphatic heterocycles. The molecule has 0 spiro atoms. The Balaban J connectivity index is 1.47. The number of carbonyl (C=O) groups excluding carboxylic acids is 1. The summed E-state index contributed by atoms with van der Waals surface area (Å²) < 4.78 is 7.12. The number of methoxy groups -OCH3 is 1. The zero-order valence-electron chi connectivity index (χ0n) is 16.5. The summed E-state index contributed by atoms with van der Waals surface area (Å²) in [5, 5.41) is 11.7. The molecule has 29 heavy (non-hydrogen) atoms. The Morgan fingerprint density at radius 3 is 2.90 bits per heavy atom. The van der Waals surface area contributed by atoms with Crippen molar-refractivity contribution in [2.24, 2.45) is 5.92 Å². The molecule has 5 heterocycles. The quantitative estimate of drug-likeness (QED) is 0.675. The molecule has 1 amide bonds. The van der Waals surface area contributed by atoms with Gasteiger partial charge in [0.1, 0.15) is 5.01 Å². The van der Waals surface area contributed by atoms with Crippen LogP contribution in [-0.2, 0) is 11.3 Å².